The zero-order chi connectivity index (χ0) is 9.52. The third kappa shape index (κ3) is 5.40. The molecule has 0 atom stereocenters. The van der Waals surface area contributed by atoms with Crippen molar-refractivity contribution in [1.82, 2.24) is 0 Å². The number of benzene rings is 1. The van der Waals surface area contributed by atoms with Crippen LogP contribution in [0.2, 0.25) is 0 Å². The van der Waals surface area contributed by atoms with Gasteiger partial charge in [0.05, 0.1) is 13.0 Å². The van der Waals surface area contributed by atoms with Gasteiger partial charge in [-0.25, -0.2) is 0 Å². The van der Waals surface area contributed by atoms with Crippen molar-refractivity contribution < 1.29 is 14.3 Å². The second kappa shape index (κ2) is 8.00. The molecule has 0 saturated heterocycles. The second-order valence-corrected chi connectivity index (χ2v) is 2.53. The average molecular weight is 204 g/mol. The Labute approximate surface area is 106 Å². The van der Waals surface area contributed by atoms with Gasteiger partial charge < -0.3 is 9.47 Å². The fourth-order valence-corrected chi connectivity index (χ4v) is 0.856. The number of ether oxygens (including phenoxy) is 2. The van der Waals surface area contributed by atoms with E-state index in [1.165, 1.54) is 0 Å². The molecule has 1 aromatic carbocycles. The van der Waals surface area contributed by atoms with Gasteiger partial charge in [-0.05, 0) is 12.1 Å². The van der Waals surface area contributed by atoms with E-state index in [0.29, 0.717) is 12.4 Å². The standard InChI is InChI=1S/C10H12O3.Na.H/c1-12-8-7-10(11)13-9-5-3-2-4-6-9;;/h2-6H,7-8H2,1H3;;. The Morgan fingerprint density at radius 3 is 2.50 bits per heavy atom. The van der Waals surface area contributed by atoms with Crippen LogP contribution in [0.1, 0.15) is 6.42 Å². The van der Waals surface area contributed by atoms with E-state index in [4.69, 9.17) is 9.47 Å². The fourth-order valence-electron chi connectivity index (χ4n) is 0.856. The van der Waals surface area contributed by atoms with E-state index in [2.05, 4.69) is 0 Å². The molecule has 0 aliphatic carbocycles. The minimum atomic E-state index is -0.270. The molecule has 0 bridgehead atoms. The first-order valence-electron chi connectivity index (χ1n) is 4.07. The summed E-state index contributed by atoms with van der Waals surface area (Å²) in [6.45, 7) is 0.395. The first-order valence-corrected chi connectivity index (χ1v) is 4.07. The van der Waals surface area contributed by atoms with Crippen molar-refractivity contribution in [1.29, 1.82) is 0 Å². The van der Waals surface area contributed by atoms with Crippen LogP contribution in [0.25, 0.3) is 0 Å². The molecule has 14 heavy (non-hydrogen) atoms. The quantitative estimate of drug-likeness (QED) is 0.416. The van der Waals surface area contributed by atoms with Gasteiger partial charge in [-0.3, -0.25) is 4.79 Å². The van der Waals surface area contributed by atoms with E-state index < -0.39 is 0 Å². The molecule has 72 valence electrons. The van der Waals surface area contributed by atoms with Crippen LogP contribution in [-0.2, 0) is 9.53 Å². The third-order valence-electron chi connectivity index (χ3n) is 1.49. The number of hydrogen-bond donors (Lipinski definition) is 0. The first kappa shape index (κ1) is 13.7. The maximum atomic E-state index is 11.1. The van der Waals surface area contributed by atoms with Crippen molar-refractivity contribution in [3.8, 4) is 5.75 Å². The van der Waals surface area contributed by atoms with Gasteiger partial charge in [-0.15, -0.1) is 0 Å². The van der Waals surface area contributed by atoms with Crippen LogP contribution in [0.5, 0.6) is 5.75 Å². The van der Waals surface area contributed by atoms with Gasteiger partial charge in [0.15, 0.2) is 0 Å². The summed E-state index contributed by atoms with van der Waals surface area (Å²) in [4.78, 5) is 11.1. The fraction of sp³-hybridized carbons (Fsp3) is 0.300. The monoisotopic (exact) mass is 204 g/mol. The zero-order valence-electron chi connectivity index (χ0n) is 7.53. The van der Waals surface area contributed by atoms with E-state index in [0.717, 1.165) is 0 Å². The number of esters is 1. The van der Waals surface area contributed by atoms with Gasteiger partial charge in [-0.2, -0.15) is 0 Å². The molecule has 0 heterocycles. The number of methoxy groups -OCH3 is 1. The molecule has 4 heteroatoms. The van der Waals surface area contributed by atoms with Crippen LogP contribution in [-0.4, -0.2) is 49.2 Å². The molecule has 0 aromatic heterocycles. The summed E-state index contributed by atoms with van der Waals surface area (Å²) >= 11 is 0. The molecular formula is C10H13NaO3. The zero-order valence-corrected chi connectivity index (χ0v) is 7.53. The van der Waals surface area contributed by atoms with Crippen LogP contribution in [0.15, 0.2) is 30.3 Å². The normalized spacial score (nSPS) is 8.93. The SMILES string of the molecule is COCCC(=O)Oc1ccccc1.[NaH]. The van der Waals surface area contributed by atoms with Crippen molar-refractivity contribution in [3.05, 3.63) is 30.3 Å². The summed E-state index contributed by atoms with van der Waals surface area (Å²) in [5.74, 6) is 0.302. The Balaban J connectivity index is 0.00000169. The van der Waals surface area contributed by atoms with Crippen molar-refractivity contribution in [2.24, 2.45) is 0 Å². The number of para-hydroxylation sites is 1. The summed E-state index contributed by atoms with van der Waals surface area (Å²) in [5.41, 5.74) is 0. The molecule has 0 radical (unpaired) electrons. The summed E-state index contributed by atoms with van der Waals surface area (Å²) in [7, 11) is 1.55. The van der Waals surface area contributed by atoms with Crippen LogP contribution in [0.4, 0.5) is 0 Å². The van der Waals surface area contributed by atoms with Crippen molar-refractivity contribution in [3.63, 3.8) is 0 Å². The minimum absolute atomic E-state index is 0. The number of hydrogen-bond acceptors (Lipinski definition) is 3. The topological polar surface area (TPSA) is 35.5 Å². The molecule has 0 saturated carbocycles. The van der Waals surface area contributed by atoms with Gasteiger partial charge in [0.1, 0.15) is 5.75 Å². The van der Waals surface area contributed by atoms with Crippen molar-refractivity contribution in [2.75, 3.05) is 13.7 Å². The molecule has 0 N–H and O–H groups in total. The van der Waals surface area contributed by atoms with Gasteiger partial charge >= 0.3 is 35.5 Å². The molecular weight excluding hydrogens is 191 g/mol. The Hall–Kier alpha value is -0.350. The molecule has 0 aliphatic heterocycles. The van der Waals surface area contributed by atoms with Crippen LogP contribution >= 0.6 is 0 Å². The molecule has 0 spiro atoms. The van der Waals surface area contributed by atoms with Crippen molar-refractivity contribution in [2.45, 2.75) is 6.42 Å². The second-order valence-electron chi connectivity index (χ2n) is 2.53. The average Bonchev–Trinajstić information content (AvgIpc) is 2.16. The third-order valence-corrected chi connectivity index (χ3v) is 1.49. The van der Waals surface area contributed by atoms with Crippen LogP contribution in [0.3, 0.4) is 0 Å². The Morgan fingerprint density at radius 1 is 1.29 bits per heavy atom. The summed E-state index contributed by atoms with van der Waals surface area (Å²) < 4.78 is 9.75. The molecule has 0 amide bonds. The van der Waals surface area contributed by atoms with E-state index in [-0.39, 0.29) is 41.9 Å². The molecule has 1 rings (SSSR count). The van der Waals surface area contributed by atoms with Gasteiger partial charge in [0, 0.05) is 7.11 Å². The molecule has 0 aliphatic rings. The Bertz CT molecular complexity index is 261. The summed E-state index contributed by atoms with van der Waals surface area (Å²) in [6, 6.07) is 8.99. The molecule has 3 nitrogen and oxygen atoms in total. The van der Waals surface area contributed by atoms with Gasteiger partial charge in [-0.1, -0.05) is 18.2 Å². The number of carbonyl (C=O) groups excluding carboxylic acids is 1. The molecule has 0 unspecified atom stereocenters. The first-order chi connectivity index (χ1) is 6.33. The maximum absolute atomic E-state index is 11.1. The van der Waals surface area contributed by atoms with E-state index in [1.54, 1.807) is 19.2 Å². The van der Waals surface area contributed by atoms with E-state index in [1.807, 2.05) is 18.2 Å². The number of rotatable bonds is 4. The van der Waals surface area contributed by atoms with Crippen LogP contribution < -0.4 is 4.74 Å². The van der Waals surface area contributed by atoms with Crippen molar-refractivity contribution >= 4 is 35.5 Å². The predicted octanol–water partition coefficient (Wildman–Crippen LogP) is 0.980. The predicted molar refractivity (Wildman–Crippen MR) is 55.7 cm³/mol. The van der Waals surface area contributed by atoms with Gasteiger partial charge in [0.25, 0.3) is 0 Å². The number of carbonyl (C=O) groups is 1. The van der Waals surface area contributed by atoms with E-state index >= 15 is 0 Å². The summed E-state index contributed by atoms with van der Waals surface area (Å²) in [5, 5.41) is 0. The van der Waals surface area contributed by atoms with E-state index in [9.17, 15) is 4.79 Å². The molecule has 0 fully saturated rings. The summed E-state index contributed by atoms with van der Waals surface area (Å²) in [6.07, 6.45) is 0.283. The Kier molecular flexibility index (Phi) is 7.80. The molecule has 1 aromatic rings. The van der Waals surface area contributed by atoms with Gasteiger partial charge in [0.2, 0.25) is 0 Å². The van der Waals surface area contributed by atoms with Crippen LogP contribution in [0, 0.1) is 0 Å². The Morgan fingerprint density at radius 2 is 1.93 bits per heavy atom.